The van der Waals surface area contributed by atoms with Crippen LogP contribution in [0.4, 0.5) is 4.79 Å². The van der Waals surface area contributed by atoms with Crippen LogP contribution in [0, 0.1) is 11.3 Å². The minimum atomic E-state index is 0.0564. The Kier molecular flexibility index (Phi) is 4.27. The average molecular weight is 302 g/mol. The molecule has 0 radical (unpaired) electrons. The maximum Gasteiger partial charge on any atom is 0.317 e. The van der Waals surface area contributed by atoms with E-state index < -0.39 is 0 Å². The van der Waals surface area contributed by atoms with E-state index >= 15 is 0 Å². The first kappa shape index (κ1) is 15.2. The number of benzene rings is 1. The van der Waals surface area contributed by atoms with Crippen molar-refractivity contribution >= 4 is 6.03 Å². The van der Waals surface area contributed by atoms with Crippen molar-refractivity contribution in [3.63, 3.8) is 0 Å². The van der Waals surface area contributed by atoms with Crippen molar-refractivity contribution in [1.82, 2.24) is 10.2 Å². The SMILES string of the molecule is CCC1(CC)C[C@H]1CNC(=O)N1CC(Oc2ccccc2)C1. The highest BCUT2D eigenvalue weighted by molar-refractivity contribution is 5.75. The van der Waals surface area contributed by atoms with Gasteiger partial charge < -0.3 is 15.0 Å². The minimum absolute atomic E-state index is 0.0564. The molecule has 0 unspecified atom stereocenters. The van der Waals surface area contributed by atoms with E-state index in [1.54, 1.807) is 0 Å². The Hall–Kier alpha value is -1.71. The summed E-state index contributed by atoms with van der Waals surface area (Å²) in [5.74, 6) is 1.55. The van der Waals surface area contributed by atoms with Crippen molar-refractivity contribution in [2.75, 3.05) is 19.6 Å². The maximum atomic E-state index is 12.1. The van der Waals surface area contributed by atoms with Gasteiger partial charge in [-0.1, -0.05) is 44.9 Å². The molecular formula is C18H26N2O2. The number of hydrogen-bond donors (Lipinski definition) is 1. The molecule has 2 amide bonds. The number of carbonyl (C=O) groups is 1. The van der Waals surface area contributed by atoms with E-state index in [2.05, 4.69) is 19.2 Å². The van der Waals surface area contributed by atoms with Crippen molar-refractivity contribution < 1.29 is 9.53 Å². The van der Waals surface area contributed by atoms with Crippen molar-refractivity contribution in [3.05, 3.63) is 30.3 Å². The van der Waals surface area contributed by atoms with Gasteiger partial charge in [0, 0.05) is 6.54 Å². The van der Waals surface area contributed by atoms with Gasteiger partial charge in [-0.15, -0.1) is 0 Å². The Morgan fingerprint density at radius 1 is 1.27 bits per heavy atom. The number of hydrogen-bond acceptors (Lipinski definition) is 2. The van der Waals surface area contributed by atoms with Gasteiger partial charge in [-0.25, -0.2) is 4.79 Å². The first-order valence-corrected chi connectivity index (χ1v) is 8.41. The van der Waals surface area contributed by atoms with Gasteiger partial charge in [0.15, 0.2) is 0 Å². The third kappa shape index (κ3) is 3.06. The smallest absolute Gasteiger partial charge is 0.317 e. The molecule has 3 rings (SSSR count). The molecule has 4 heteroatoms. The molecule has 120 valence electrons. The molecule has 1 aromatic rings. The van der Waals surface area contributed by atoms with Crippen molar-refractivity contribution in [2.24, 2.45) is 11.3 Å². The Labute approximate surface area is 132 Å². The number of ether oxygens (including phenoxy) is 1. The summed E-state index contributed by atoms with van der Waals surface area (Å²) < 4.78 is 5.81. The number of urea groups is 1. The van der Waals surface area contributed by atoms with E-state index in [-0.39, 0.29) is 12.1 Å². The van der Waals surface area contributed by atoms with Crippen LogP contribution in [-0.4, -0.2) is 36.7 Å². The van der Waals surface area contributed by atoms with E-state index in [0.29, 0.717) is 24.4 Å². The number of nitrogens with zero attached hydrogens (tertiary/aromatic N) is 1. The second kappa shape index (κ2) is 6.19. The first-order valence-electron chi connectivity index (χ1n) is 8.41. The fourth-order valence-corrected chi connectivity index (χ4v) is 3.53. The van der Waals surface area contributed by atoms with Crippen LogP contribution in [0.1, 0.15) is 33.1 Å². The van der Waals surface area contributed by atoms with E-state index in [0.717, 1.165) is 12.3 Å². The summed E-state index contributed by atoms with van der Waals surface area (Å²) in [6.45, 7) is 6.69. The van der Waals surface area contributed by atoms with E-state index in [4.69, 9.17) is 4.74 Å². The predicted molar refractivity (Wildman–Crippen MR) is 87.0 cm³/mol. The molecule has 1 saturated heterocycles. The average Bonchev–Trinajstić information content (AvgIpc) is 3.23. The van der Waals surface area contributed by atoms with Crippen LogP contribution in [0.2, 0.25) is 0 Å². The molecule has 0 spiro atoms. The molecular weight excluding hydrogens is 276 g/mol. The number of rotatable bonds is 6. The number of para-hydroxylation sites is 1. The summed E-state index contributed by atoms with van der Waals surface area (Å²) in [5, 5.41) is 3.09. The van der Waals surface area contributed by atoms with Gasteiger partial charge in [0.2, 0.25) is 0 Å². The zero-order chi connectivity index (χ0) is 15.6. The molecule has 1 aliphatic carbocycles. The zero-order valence-corrected chi connectivity index (χ0v) is 13.5. The molecule has 1 atom stereocenters. The van der Waals surface area contributed by atoms with Gasteiger partial charge >= 0.3 is 6.03 Å². The summed E-state index contributed by atoms with van der Waals surface area (Å²) in [7, 11) is 0. The second-order valence-electron chi connectivity index (χ2n) is 6.61. The van der Waals surface area contributed by atoms with E-state index in [1.165, 1.54) is 19.3 Å². The summed E-state index contributed by atoms with van der Waals surface area (Å²) in [5.41, 5.74) is 0.501. The van der Waals surface area contributed by atoms with E-state index in [9.17, 15) is 4.79 Å². The van der Waals surface area contributed by atoms with Gasteiger partial charge in [0.1, 0.15) is 11.9 Å². The molecule has 0 aromatic heterocycles. The van der Waals surface area contributed by atoms with Crippen LogP contribution in [-0.2, 0) is 0 Å². The normalized spacial score (nSPS) is 22.8. The quantitative estimate of drug-likeness (QED) is 0.876. The minimum Gasteiger partial charge on any atom is -0.487 e. The lowest BCUT2D eigenvalue weighted by Crippen LogP contribution is -2.59. The summed E-state index contributed by atoms with van der Waals surface area (Å²) in [4.78, 5) is 13.9. The molecule has 1 heterocycles. The largest absolute Gasteiger partial charge is 0.487 e. The molecule has 1 N–H and O–H groups in total. The van der Waals surface area contributed by atoms with Gasteiger partial charge in [-0.3, -0.25) is 0 Å². The maximum absolute atomic E-state index is 12.1. The molecule has 4 nitrogen and oxygen atoms in total. The van der Waals surface area contributed by atoms with Crippen LogP contribution in [0.3, 0.4) is 0 Å². The molecule has 22 heavy (non-hydrogen) atoms. The fourth-order valence-electron chi connectivity index (χ4n) is 3.53. The second-order valence-corrected chi connectivity index (χ2v) is 6.61. The van der Waals surface area contributed by atoms with Crippen LogP contribution >= 0.6 is 0 Å². The molecule has 1 aromatic carbocycles. The Balaban J connectivity index is 1.36. The molecule has 1 aliphatic heterocycles. The monoisotopic (exact) mass is 302 g/mol. The summed E-state index contributed by atoms with van der Waals surface area (Å²) >= 11 is 0. The lowest BCUT2D eigenvalue weighted by molar-refractivity contribution is 0.0443. The Morgan fingerprint density at radius 3 is 2.55 bits per heavy atom. The van der Waals surface area contributed by atoms with Gasteiger partial charge in [-0.2, -0.15) is 0 Å². The zero-order valence-electron chi connectivity index (χ0n) is 13.5. The Bertz CT molecular complexity index is 507. The number of amides is 2. The van der Waals surface area contributed by atoms with Crippen LogP contribution < -0.4 is 10.1 Å². The van der Waals surface area contributed by atoms with E-state index in [1.807, 2.05) is 35.2 Å². The predicted octanol–water partition coefficient (Wildman–Crippen LogP) is 3.29. The molecule has 2 fully saturated rings. The number of nitrogens with one attached hydrogen (secondary N) is 1. The van der Waals surface area contributed by atoms with Crippen molar-refractivity contribution in [2.45, 2.75) is 39.2 Å². The first-order chi connectivity index (χ1) is 10.7. The third-order valence-corrected chi connectivity index (χ3v) is 5.45. The lowest BCUT2D eigenvalue weighted by Gasteiger charge is -2.38. The van der Waals surface area contributed by atoms with Crippen molar-refractivity contribution in [3.8, 4) is 5.75 Å². The molecule has 2 aliphatic rings. The lowest BCUT2D eigenvalue weighted by atomic mass is 9.97. The third-order valence-electron chi connectivity index (χ3n) is 5.45. The standard InChI is InChI=1S/C18H26N2O2/c1-3-18(4-2)10-14(18)11-19-17(21)20-12-16(13-20)22-15-8-6-5-7-9-15/h5-9,14,16H,3-4,10-13H2,1-2H3,(H,19,21)/t14-/m0/s1. The highest BCUT2D eigenvalue weighted by Gasteiger charge is 2.50. The van der Waals surface area contributed by atoms with Crippen LogP contribution in [0.5, 0.6) is 5.75 Å². The summed E-state index contributed by atoms with van der Waals surface area (Å²) in [6.07, 6.45) is 3.83. The number of likely N-dealkylation sites (tertiary alicyclic amines) is 1. The van der Waals surface area contributed by atoms with Gasteiger partial charge in [-0.05, 0) is 29.9 Å². The molecule has 0 bridgehead atoms. The topological polar surface area (TPSA) is 41.6 Å². The number of carbonyl (C=O) groups excluding carboxylic acids is 1. The van der Waals surface area contributed by atoms with Gasteiger partial charge in [0.25, 0.3) is 0 Å². The molecule has 1 saturated carbocycles. The highest BCUT2D eigenvalue weighted by atomic mass is 16.5. The van der Waals surface area contributed by atoms with Crippen LogP contribution in [0.25, 0.3) is 0 Å². The highest BCUT2D eigenvalue weighted by Crippen LogP contribution is 2.57. The van der Waals surface area contributed by atoms with Crippen molar-refractivity contribution in [1.29, 1.82) is 0 Å². The fraction of sp³-hybridized carbons (Fsp3) is 0.611. The van der Waals surface area contributed by atoms with Gasteiger partial charge in [0.05, 0.1) is 13.1 Å². The Morgan fingerprint density at radius 2 is 1.95 bits per heavy atom. The van der Waals surface area contributed by atoms with Crippen LogP contribution in [0.15, 0.2) is 30.3 Å². The summed E-state index contributed by atoms with van der Waals surface area (Å²) in [6, 6.07) is 9.85.